The molecule has 0 saturated carbocycles. The Balaban J connectivity index is 1.53. The van der Waals surface area contributed by atoms with Gasteiger partial charge in [0.2, 0.25) is 0 Å². The normalized spacial score (nSPS) is 21.7. The molecule has 0 fully saturated rings. The lowest BCUT2D eigenvalue weighted by molar-refractivity contribution is -0.152. The van der Waals surface area contributed by atoms with Gasteiger partial charge in [0.1, 0.15) is 5.41 Å². The summed E-state index contributed by atoms with van der Waals surface area (Å²) in [5, 5.41) is 0. The molecular formula is C26H20O2. The highest BCUT2D eigenvalue weighted by atomic mass is 16.5. The second-order valence-corrected chi connectivity index (χ2v) is 7.33. The molecule has 3 aliphatic rings. The zero-order valence-corrected chi connectivity index (χ0v) is 15.4. The van der Waals surface area contributed by atoms with Crippen LogP contribution in [0.15, 0.2) is 120 Å². The molecule has 3 aliphatic carbocycles. The lowest BCUT2D eigenvalue weighted by atomic mass is 9.76. The Labute approximate surface area is 164 Å². The summed E-state index contributed by atoms with van der Waals surface area (Å²) in [5.74, 6) is -0.225. The molecule has 0 saturated heterocycles. The predicted octanol–water partition coefficient (Wildman–Crippen LogP) is 5.63. The number of allylic oxidation sites excluding steroid dienone is 7. The van der Waals surface area contributed by atoms with Crippen molar-refractivity contribution in [1.82, 2.24) is 0 Å². The van der Waals surface area contributed by atoms with Gasteiger partial charge in [0, 0.05) is 0 Å². The van der Waals surface area contributed by atoms with Gasteiger partial charge in [-0.25, -0.2) is 0 Å². The van der Waals surface area contributed by atoms with E-state index in [4.69, 9.17) is 4.74 Å². The van der Waals surface area contributed by atoms with E-state index in [1.54, 1.807) is 0 Å². The van der Waals surface area contributed by atoms with Crippen molar-refractivity contribution >= 4 is 5.97 Å². The molecule has 136 valence electrons. The Morgan fingerprint density at radius 3 is 2.29 bits per heavy atom. The lowest BCUT2D eigenvalue weighted by Crippen LogP contribution is -2.32. The van der Waals surface area contributed by atoms with Crippen LogP contribution in [-0.4, -0.2) is 5.97 Å². The van der Waals surface area contributed by atoms with Crippen LogP contribution in [-0.2, 0) is 9.53 Å². The van der Waals surface area contributed by atoms with Crippen LogP contribution in [0.4, 0.5) is 0 Å². The van der Waals surface area contributed by atoms with E-state index in [0.717, 1.165) is 28.7 Å². The fourth-order valence-electron chi connectivity index (χ4n) is 4.16. The van der Waals surface area contributed by atoms with Crippen LogP contribution in [0, 0.1) is 5.41 Å². The zero-order chi connectivity index (χ0) is 19.0. The first-order valence-electron chi connectivity index (χ1n) is 9.58. The summed E-state index contributed by atoms with van der Waals surface area (Å²) in [4.78, 5) is 13.5. The van der Waals surface area contributed by atoms with E-state index in [-0.39, 0.29) is 5.97 Å². The van der Waals surface area contributed by atoms with Crippen molar-refractivity contribution in [2.45, 2.75) is 12.5 Å². The van der Waals surface area contributed by atoms with Crippen LogP contribution in [0.25, 0.3) is 0 Å². The number of ether oxygens (including phenoxy) is 1. The number of hydrogen-bond acceptors (Lipinski definition) is 2. The zero-order valence-electron chi connectivity index (χ0n) is 15.4. The van der Waals surface area contributed by atoms with E-state index in [0.29, 0.717) is 0 Å². The first kappa shape index (κ1) is 16.8. The van der Waals surface area contributed by atoms with E-state index >= 15 is 0 Å². The van der Waals surface area contributed by atoms with E-state index in [1.165, 1.54) is 5.57 Å². The third-order valence-electron chi connectivity index (χ3n) is 5.61. The third-order valence-corrected chi connectivity index (χ3v) is 5.61. The number of rotatable bonds is 4. The molecule has 0 aromatic heterocycles. The fraction of sp³-hybridized carbons (Fsp3) is 0.115. The summed E-state index contributed by atoms with van der Waals surface area (Å²) < 4.78 is 6.20. The number of fused-ring (bicyclic) bond motifs is 2. The van der Waals surface area contributed by atoms with Crippen molar-refractivity contribution in [1.29, 1.82) is 0 Å². The molecule has 1 unspecified atom stereocenters. The summed E-state index contributed by atoms with van der Waals surface area (Å²) in [6, 6.07) is 19.8. The smallest absolute Gasteiger partial charge is 0.325 e. The summed E-state index contributed by atoms with van der Waals surface area (Å²) in [6.07, 6.45) is 14.7. The quantitative estimate of drug-likeness (QED) is 0.519. The number of carbonyl (C=O) groups is 1. The molecule has 2 nitrogen and oxygen atoms in total. The van der Waals surface area contributed by atoms with Gasteiger partial charge in [-0.05, 0) is 34.3 Å². The van der Waals surface area contributed by atoms with Gasteiger partial charge in [-0.2, -0.15) is 0 Å². The van der Waals surface area contributed by atoms with Gasteiger partial charge in [0.25, 0.3) is 0 Å². The largest absolute Gasteiger partial charge is 0.451 e. The highest BCUT2D eigenvalue weighted by Crippen LogP contribution is 2.47. The van der Waals surface area contributed by atoms with Crippen LogP contribution in [0.3, 0.4) is 0 Å². The van der Waals surface area contributed by atoms with Gasteiger partial charge in [-0.3, -0.25) is 4.79 Å². The minimum atomic E-state index is -0.802. The molecule has 2 heteroatoms. The number of benzene rings is 2. The number of esters is 1. The molecule has 28 heavy (non-hydrogen) atoms. The maximum absolute atomic E-state index is 13.5. The first-order chi connectivity index (χ1) is 13.8. The molecule has 0 aliphatic heterocycles. The van der Waals surface area contributed by atoms with Gasteiger partial charge in [0.15, 0.2) is 6.10 Å². The van der Waals surface area contributed by atoms with Crippen molar-refractivity contribution in [3.63, 3.8) is 0 Å². The van der Waals surface area contributed by atoms with Gasteiger partial charge in [-0.1, -0.05) is 103 Å². The standard InChI is InChI=1S/C26H20O2/c27-25(26-16-8-15-23(26)17-21-13-7-14-22(21)18-26)28-24(19-9-3-1-4-10-19)20-11-5-2-6-12-20/h1-14,16-18,24H,15H2. The Morgan fingerprint density at radius 1 is 0.929 bits per heavy atom. The average molecular weight is 364 g/mol. The highest BCUT2D eigenvalue weighted by molar-refractivity contribution is 5.89. The van der Waals surface area contributed by atoms with Crippen molar-refractivity contribution in [3.05, 3.63) is 131 Å². The molecular weight excluding hydrogens is 344 g/mol. The number of hydrogen-bond donors (Lipinski definition) is 0. The topological polar surface area (TPSA) is 26.3 Å². The van der Waals surface area contributed by atoms with Gasteiger partial charge < -0.3 is 4.74 Å². The van der Waals surface area contributed by atoms with Crippen LogP contribution in [0.5, 0.6) is 0 Å². The lowest BCUT2D eigenvalue weighted by Gasteiger charge is -2.31. The SMILES string of the molecule is O=C(OC(c1ccccc1)c1ccccc1)C12C=CCC1=CC1=CC=CC1=C2. The number of carbonyl (C=O) groups excluding carboxylic acids is 1. The molecule has 0 N–H and O–H groups in total. The third kappa shape index (κ3) is 2.69. The van der Waals surface area contributed by atoms with Crippen molar-refractivity contribution in [2.24, 2.45) is 5.41 Å². The first-order valence-corrected chi connectivity index (χ1v) is 9.58. The van der Waals surface area contributed by atoms with Gasteiger partial charge in [0.05, 0.1) is 0 Å². The van der Waals surface area contributed by atoms with Crippen molar-refractivity contribution in [2.75, 3.05) is 0 Å². The molecule has 2 aromatic rings. The molecule has 5 rings (SSSR count). The predicted molar refractivity (Wildman–Crippen MR) is 110 cm³/mol. The summed E-state index contributed by atoms with van der Waals surface area (Å²) in [6.45, 7) is 0. The summed E-state index contributed by atoms with van der Waals surface area (Å²) >= 11 is 0. The van der Waals surface area contributed by atoms with E-state index in [9.17, 15) is 4.79 Å². The summed E-state index contributed by atoms with van der Waals surface area (Å²) in [5.41, 5.74) is 4.47. The Kier molecular flexibility index (Phi) is 3.98. The van der Waals surface area contributed by atoms with Crippen LogP contribution in [0.2, 0.25) is 0 Å². The van der Waals surface area contributed by atoms with E-state index in [2.05, 4.69) is 30.4 Å². The van der Waals surface area contributed by atoms with Gasteiger partial charge in [-0.15, -0.1) is 0 Å². The minimum absolute atomic E-state index is 0.225. The molecule has 0 spiro atoms. The molecule has 2 aromatic carbocycles. The fourth-order valence-corrected chi connectivity index (χ4v) is 4.16. The molecule has 0 heterocycles. The second kappa shape index (κ2) is 6.65. The van der Waals surface area contributed by atoms with E-state index in [1.807, 2.05) is 72.8 Å². The Morgan fingerprint density at radius 2 is 1.61 bits per heavy atom. The average Bonchev–Trinajstić information content (AvgIpc) is 3.37. The van der Waals surface area contributed by atoms with Crippen LogP contribution in [0.1, 0.15) is 23.7 Å². The minimum Gasteiger partial charge on any atom is -0.451 e. The molecule has 1 atom stereocenters. The van der Waals surface area contributed by atoms with Crippen molar-refractivity contribution in [3.8, 4) is 0 Å². The maximum Gasteiger partial charge on any atom is 0.325 e. The van der Waals surface area contributed by atoms with E-state index < -0.39 is 11.5 Å². The van der Waals surface area contributed by atoms with Crippen molar-refractivity contribution < 1.29 is 9.53 Å². The molecule has 0 radical (unpaired) electrons. The monoisotopic (exact) mass is 364 g/mol. The highest BCUT2D eigenvalue weighted by Gasteiger charge is 2.45. The summed E-state index contributed by atoms with van der Waals surface area (Å²) in [7, 11) is 0. The van der Waals surface area contributed by atoms with Crippen LogP contribution >= 0.6 is 0 Å². The van der Waals surface area contributed by atoms with Gasteiger partial charge >= 0.3 is 5.97 Å². The molecule has 0 amide bonds. The Bertz CT molecular complexity index is 1030. The molecule has 0 bridgehead atoms. The van der Waals surface area contributed by atoms with Crippen LogP contribution < -0.4 is 0 Å². The maximum atomic E-state index is 13.5. The Hall–Kier alpha value is -3.39. The second-order valence-electron chi connectivity index (χ2n) is 7.33.